The number of alkyl halides is 1. The first-order chi connectivity index (χ1) is 7.65. The molecule has 0 saturated carbocycles. The van der Waals surface area contributed by atoms with Crippen LogP contribution in [0.3, 0.4) is 0 Å². The third kappa shape index (κ3) is 4.09. The molecule has 0 aliphatic carbocycles. The van der Waals surface area contributed by atoms with Crippen molar-refractivity contribution in [2.24, 2.45) is 0 Å². The summed E-state index contributed by atoms with van der Waals surface area (Å²) in [5.74, 6) is 0.288. The fourth-order valence-electron chi connectivity index (χ4n) is 1.73. The Morgan fingerprint density at radius 1 is 1.19 bits per heavy atom. The Balaban J connectivity index is 2.55. The molecule has 0 spiro atoms. The van der Waals surface area contributed by atoms with Crippen LogP contribution in [0.5, 0.6) is 0 Å². The van der Waals surface area contributed by atoms with E-state index in [1.54, 1.807) is 0 Å². The third-order valence-corrected chi connectivity index (χ3v) is 3.29. The van der Waals surface area contributed by atoms with Crippen molar-refractivity contribution in [1.82, 2.24) is 0 Å². The highest BCUT2D eigenvalue weighted by Crippen LogP contribution is 2.15. The van der Waals surface area contributed by atoms with Gasteiger partial charge in [0.15, 0.2) is 5.78 Å². The first-order valence-corrected chi connectivity index (χ1v) is 6.93. The molecule has 0 aliphatic rings. The lowest BCUT2D eigenvalue weighted by molar-refractivity contribution is 0.0978. The summed E-state index contributed by atoms with van der Waals surface area (Å²) in [5.41, 5.74) is 3.16. The van der Waals surface area contributed by atoms with Gasteiger partial charge < -0.3 is 0 Å². The Labute approximate surface area is 106 Å². The number of halogens is 1. The number of unbranched alkanes of at least 4 members (excludes halogenated alkanes) is 2. The molecule has 0 atom stereocenters. The molecule has 0 unspecified atom stereocenters. The second-order valence-electron chi connectivity index (χ2n) is 4.24. The van der Waals surface area contributed by atoms with E-state index in [2.05, 4.69) is 22.0 Å². The van der Waals surface area contributed by atoms with Gasteiger partial charge in [-0.2, -0.15) is 0 Å². The van der Waals surface area contributed by atoms with Crippen LogP contribution < -0.4 is 0 Å². The van der Waals surface area contributed by atoms with Gasteiger partial charge in [0.05, 0.1) is 0 Å². The molecule has 0 fully saturated rings. The van der Waals surface area contributed by atoms with Crippen LogP contribution in [-0.4, -0.2) is 11.1 Å². The lowest BCUT2D eigenvalue weighted by Gasteiger charge is -2.06. The van der Waals surface area contributed by atoms with E-state index >= 15 is 0 Å². The molecule has 0 heterocycles. The molecule has 0 aromatic heterocycles. The molecule has 1 aromatic carbocycles. The number of Topliss-reactive ketones (excluding diaryl/α,β-unsaturated/α-hetero) is 1. The van der Waals surface area contributed by atoms with Gasteiger partial charge in [-0.15, -0.1) is 0 Å². The van der Waals surface area contributed by atoms with Crippen molar-refractivity contribution in [3.05, 3.63) is 34.9 Å². The van der Waals surface area contributed by atoms with E-state index < -0.39 is 0 Å². The summed E-state index contributed by atoms with van der Waals surface area (Å²) in [6, 6.07) is 6.08. The summed E-state index contributed by atoms with van der Waals surface area (Å²) in [5, 5.41) is 1.03. The molecule has 0 bridgehead atoms. The zero-order valence-corrected chi connectivity index (χ0v) is 11.6. The highest BCUT2D eigenvalue weighted by atomic mass is 79.9. The normalized spacial score (nSPS) is 10.4. The highest BCUT2D eigenvalue weighted by molar-refractivity contribution is 9.09. The van der Waals surface area contributed by atoms with Crippen LogP contribution >= 0.6 is 15.9 Å². The molecule has 0 saturated heterocycles. The van der Waals surface area contributed by atoms with Gasteiger partial charge in [-0.25, -0.2) is 0 Å². The van der Waals surface area contributed by atoms with E-state index in [1.807, 2.05) is 26.0 Å². The molecule has 1 nitrogen and oxygen atoms in total. The molecule has 1 rings (SSSR count). The smallest absolute Gasteiger partial charge is 0.163 e. The predicted molar refractivity (Wildman–Crippen MR) is 72.5 cm³/mol. The maximum Gasteiger partial charge on any atom is 0.163 e. The SMILES string of the molecule is Cc1ccc(C)c(C(=O)CCCCCBr)c1. The van der Waals surface area contributed by atoms with Crippen LogP contribution in [0.25, 0.3) is 0 Å². The van der Waals surface area contributed by atoms with Crippen LogP contribution in [0, 0.1) is 13.8 Å². The van der Waals surface area contributed by atoms with E-state index in [1.165, 1.54) is 0 Å². The summed E-state index contributed by atoms with van der Waals surface area (Å²) in [6.45, 7) is 4.03. The van der Waals surface area contributed by atoms with Crippen molar-refractivity contribution >= 4 is 21.7 Å². The van der Waals surface area contributed by atoms with Crippen molar-refractivity contribution in [2.45, 2.75) is 39.5 Å². The second kappa shape index (κ2) is 6.85. The number of carbonyl (C=O) groups is 1. The van der Waals surface area contributed by atoms with Crippen LogP contribution in [0.1, 0.15) is 47.2 Å². The molecule has 16 heavy (non-hydrogen) atoms. The first kappa shape index (κ1) is 13.4. The summed E-state index contributed by atoms with van der Waals surface area (Å²) in [7, 11) is 0. The van der Waals surface area contributed by atoms with E-state index in [9.17, 15) is 4.79 Å². The van der Waals surface area contributed by atoms with Gasteiger partial charge in [0, 0.05) is 17.3 Å². The summed E-state index contributed by atoms with van der Waals surface area (Å²) >= 11 is 3.40. The Kier molecular flexibility index (Phi) is 5.75. The summed E-state index contributed by atoms with van der Waals surface area (Å²) in [4.78, 5) is 12.0. The Morgan fingerprint density at radius 3 is 2.62 bits per heavy atom. The molecule has 88 valence electrons. The zero-order chi connectivity index (χ0) is 12.0. The number of hydrogen-bond acceptors (Lipinski definition) is 1. The van der Waals surface area contributed by atoms with Gasteiger partial charge in [0.1, 0.15) is 0 Å². The maximum atomic E-state index is 12.0. The molecule has 0 aliphatic heterocycles. The average molecular weight is 283 g/mol. The van der Waals surface area contributed by atoms with Gasteiger partial charge in [-0.3, -0.25) is 4.79 Å². The van der Waals surface area contributed by atoms with Crippen molar-refractivity contribution in [3.8, 4) is 0 Å². The number of carbonyl (C=O) groups excluding carboxylic acids is 1. The van der Waals surface area contributed by atoms with Crippen LogP contribution in [0.4, 0.5) is 0 Å². The minimum Gasteiger partial charge on any atom is -0.294 e. The Bertz CT molecular complexity index is 358. The Morgan fingerprint density at radius 2 is 1.94 bits per heavy atom. The highest BCUT2D eigenvalue weighted by Gasteiger charge is 2.08. The molecule has 2 heteroatoms. The summed E-state index contributed by atoms with van der Waals surface area (Å²) in [6.07, 6.45) is 3.96. The predicted octanol–water partition coefficient (Wildman–Crippen LogP) is 4.44. The molecule has 1 aromatic rings. The second-order valence-corrected chi connectivity index (χ2v) is 5.03. The average Bonchev–Trinajstić information content (AvgIpc) is 2.27. The Hall–Kier alpha value is -0.630. The van der Waals surface area contributed by atoms with Gasteiger partial charge >= 0.3 is 0 Å². The molecular formula is C14H19BrO. The minimum atomic E-state index is 0.288. The van der Waals surface area contributed by atoms with Crippen molar-refractivity contribution in [1.29, 1.82) is 0 Å². The van der Waals surface area contributed by atoms with Gasteiger partial charge in [0.25, 0.3) is 0 Å². The van der Waals surface area contributed by atoms with E-state index in [0.29, 0.717) is 6.42 Å². The van der Waals surface area contributed by atoms with Crippen molar-refractivity contribution < 1.29 is 4.79 Å². The van der Waals surface area contributed by atoms with Crippen LogP contribution in [0.2, 0.25) is 0 Å². The zero-order valence-electron chi connectivity index (χ0n) is 10.1. The number of benzene rings is 1. The lowest BCUT2D eigenvalue weighted by atomic mass is 9.98. The fraction of sp³-hybridized carbons (Fsp3) is 0.500. The third-order valence-electron chi connectivity index (χ3n) is 2.73. The largest absolute Gasteiger partial charge is 0.294 e. The number of ketones is 1. The fourth-order valence-corrected chi connectivity index (χ4v) is 2.12. The number of aryl methyl sites for hydroxylation is 2. The molecular weight excluding hydrogens is 264 g/mol. The van der Waals surface area contributed by atoms with Gasteiger partial charge in [-0.05, 0) is 38.3 Å². The molecule has 0 amide bonds. The van der Waals surface area contributed by atoms with E-state index in [0.717, 1.165) is 41.3 Å². The van der Waals surface area contributed by atoms with Crippen LogP contribution in [0.15, 0.2) is 18.2 Å². The number of rotatable bonds is 6. The summed E-state index contributed by atoms with van der Waals surface area (Å²) < 4.78 is 0. The van der Waals surface area contributed by atoms with Crippen molar-refractivity contribution in [3.63, 3.8) is 0 Å². The quantitative estimate of drug-likeness (QED) is 0.428. The van der Waals surface area contributed by atoms with E-state index in [-0.39, 0.29) is 5.78 Å². The standard InChI is InChI=1S/C14H19BrO/c1-11-7-8-12(2)13(10-11)14(16)6-4-3-5-9-15/h7-8,10H,3-6,9H2,1-2H3. The molecule has 0 radical (unpaired) electrons. The van der Waals surface area contributed by atoms with Gasteiger partial charge in [-0.1, -0.05) is 40.0 Å². The van der Waals surface area contributed by atoms with Gasteiger partial charge in [0.2, 0.25) is 0 Å². The van der Waals surface area contributed by atoms with Crippen LogP contribution in [-0.2, 0) is 0 Å². The molecule has 0 N–H and O–H groups in total. The van der Waals surface area contributed by atoms with Crippen molar-refractivity contribution in [2.75, 3.05) is 5.33 Å². The topological polar surface area (TPSA) is 17.1 Å². The maximum absolute atomic E-state index is 12.0. The first-order valence-electron chi connectivity index (χ1n) is 5.81. The minimum absolute atomic E-state index is 0.288. The number of hydrogen-bond donors (Lipinski definition) is 0. The lowest BCUT2D eigenvalue weighted by Crippen LogP contribution is -2.02. The van der Waals surface area contributed by atoms with E-state index in [4.69, 9.17) is 0 Å². The monoisotopic (exact) mass is 282 g/mol.